The summed E-state index contributed by atoms with van der Waals surface area (Å²) >= 11 is 3.37. The van der Waals surface area contributed by atoms with Gasteiger partial charge in [-0.15, -0.1) is 5.10 Å². The highest BCUT2D eigenvalue weighted by Gasteiger charge is 2.33. The predicted octanol–water partition coefficient (Wildman–Crippen LogP) is 3.40. The number of halogens is 1. The molecule has 0 fully saturated rings. The Bertz CT molecular complexity index is 805. The van der Waals surface area contributed by atoms with E-state index in [-0.39, 0.29) is 11.7 Å². The average molecular weight is 391 g/mol. The molecule has 124 valence electrons. The van der Waals surface area contributed by atoms with Gasteiger partial charge in [0.1, 0.15) is 0 Å². The van der Waals surface area contributed by atoms with Crippen LogP contribution in [0.4, 0.5) is 0 Å². The Balaban J connectivity index is 1.93. The van der Waals surface area contributed by atoms with Crippen LogP contribution in [0.1, 0.15) is 24.3 Å². The van der Waals surface area contributed by atoms with Crippen LogP contribution in [0.5, 0.6) is 11.5 Å². The van der Waals surface area contributed by atoms with Crippen molar-refractivity contribution in [3.8, 4) is 11.5 Å². The van der Waals surface area contributed by atoms with Gasteiger partial charge in [-0.3, -0.25) is 4.79 Å². The van der Waals surface area contributed by atoms with Crippen LogP contribution in [0.2, 0.25) is 0 Å². The molecule has 1 heterocycles. The molecule has 2 aromatic carbocycles. The summed E-state index contributed by atoms with van der Waals surface area (Å²) < 4.78 is 11.8. The molecule has 0 aliphatic carbocycles. The molecule has 1 N–H and O–H groups in total. The zero-order chi connectivity index (χ0) is 17.3. The third-order valence-corrected chi connectivity index (χ3v) is 4.07. The van der Waals surface area contributed by atoms with Gasteiger partial charge in [0.25, 0.3) is 0 Å². The molecule has 2 aromatic rings. The lowest BCUT2D eigenvalue weighted by atomic mass is 10.1. The van der Waals surface area contributed by atoms with E-state index in [2.05, 4.69) is 21.0 Å². The van der Waals surface area contributed by atoms with Crippen molar-refractivity contribution in [3.05, 3.63) is 58.1 Å². The molecule has 1 aliphatic rings. The van der Waals surface area contributed by atoms with Gasteiger partial charge in [-0.25, -0.2) is 0 Å². The van der Waals surface area contributed by atoms with Crippen LogP contribution in [-0.2, 0) is 9.53 Å². The molecular formula is C17H15BrN2O4. The number of rotatable bonds is 3. The zero-order valence-corrected chi connectivity index (χ0v) is 14.6. The normalized spacial score (nSPS) is 16.5. The molecule has 24 heavy (non-hydrogen) atoms. The second kappa shape index (κ2) is 6.52. The molecule has 0 saturated carbocycles. The molecule has 0 saturated heterocycles. The fourth-order valence-electron chi connectivity index (χ4n) is 2.35. The third-order valence-electron chi connectivity index (χ3n) is 3.55. The highest BCUT2D eigenvalue weighted by Crippen LogP contribution is 2.35. The first-order chi connectivity index (χ1) is 11.5. The van der Waals surface area contributed by atoms with Crippen molar-refractivity contribution in [2.45, 2.75) is 13.2 Å². The summed E-state index contributed by atoms with van der Waals surface area (Å²) in [6.45, 7) is 1.41. The quantitative estimate of drug-likeness (QED) is 0.871. The first-order valence-corrected chi connectivity index (χ1v) is 7.97. The molecule has 1 atom stereocenters. The van der Waals surface area contributed by atoms with E-state index < -0.39 is 6.23 Å². The molecule has 0 bridgehead atoms. The van der Waals surface area contributed by atoms with Crippen LogP contribution in [0.15, 0.2) is 52.0 Å². The zero-order valence-electron chi connectivity index (χ0n) is 13.1. The Morgan fingerprint density at radius 2 is 2.00 bits per heavy atom. The fraction of sp³-hybridized carbons (Fsp3) is 0.176. The van der Waals surface area contributed by atoms with Crippen molar-refractivity contribution >= 4 is 27.7 Å². The van der Waals surface area contributed by atoms with Crippen LogP contribution in [-0.4, -0.2) is 29.0 Å². The van der Waals surface area contributed by atoms with Crippen LogP contribution in [0.3, 0.4) is 0 Å². The summed E-state index contributed by atoms with van der Waals surface area (Å²) in [6.07, 6.45) is -0.738. The van der Waals surface area contributed by atoms with Crippen molar-refractivity contribution < 1.29 is 19.4 Å². The number of phenolic OH excluding ortho intramolecular Hbond substituents is 1. The maximum atomic E-state index is 11.9. The topological polar surface area (TPSA) is 71.4 Å². The number of aromatic hydroxyl groups is 1. The van der Waals surface area contributed by atoms with Crippen LogP contribution in [0, 0.1) is 0 Å². The van der Waals surface area contributed by atoms with Crippen LogP contribution in [0.25, 0.3) is 0 Å². The number of ether oxygens (including phenoxy) is 2. The van der Waals surface area contributed by atoms with Gasteiger partial charge in [0.15, 0.2) is 11.5 Å². The molecule has 0 unspecified atom stereocenters. The molecule has 3 rings (SSSR count). The van der Waals surface area contributed by atoms with Gasteiger partial charge in [0, 0.05) is 22.5 Å². The van der Waals surface area contributed by atoms with Gasteiger partial charge in [0.05, 0.1) is 7.11 Å². The van der Waals surface area contributed by atoms with E-state index in [0.717, 1.165) is 10.0 Å². The van der Waals surface area contributed by atoms with E-state index in [9.17, 15) is 9.90 Å². The first kappa shape index (κ1) is 16.3. The molecule has 1 amide bonds. The van der Waals surface area contributed by atoms with Gasteiger partial charge in [0.2, 0.25) is 18.0 Å². The first-order valence-electron chi connectivity index (χ1n) is 7.17. The van der Waals surface area contributed by atoms with Gasteiger partial charge in [-0.2, -0.15) is 5.01 Å². The lowest BCUT2D eigenvalue weighted by Gasteiger charge is -2.19. The summed E-state index contributed by atoms with van der Waals surface area (Å²) in [7, 11) is 1.47. The van der Waals surface area contributed by atoms with Crippen molar-refractivity contribution in [1.29, 1.82) is 0 Å². The van der Waals surface area contributed by atoms with Crippen molar-refractivity contribution in [2.75, 3.05) is 7.11 Å². The minimum absolute atomic E-state index is 0.0285. The average Bonchev–Trinajstić information content (AvgIpc) is 3.01. The Morgan fingerprint density at radius 1 is 1.29 bits per heavy atom. The molecule has 0 aromatic heterocycles. The number of hydrogen-bond donors (Lipinski definition) is 1. The van der Waals surface area contributed by atoms with Gasteiger partial charge < -0.3 is 14.6 Å². The van der Waals surface area contributed by atoms with Crippen LogP contribution < -0.4 is 4.74 Å². The van der Waals surface area contributed by atoms with E-state index in [0.29, 0.717) is 17.2 Å². The summed E-state index contributed by atoms with van der Waals surface area (Å²) in [4.78, 5) is 11.9. The number of amides is 1. The minimum Gasteiger partial charge on any atom is -0.504 e. The summed E-state index contributed by atoms with van der Waals surface area (Å²) in [5, 5.41) is 15.5. The van der Waals surface area contributed by atoms with Gasteiger partial charge in [-0.05, 0) is 42.5 Å². The highest BCUT2D eigenvalue weighted by molar-refractivity contribution is 9.10. The number of hydrazone groups is 1. The van der Waals surface area contributed by atoms with Crippen LogP contribution >= 0.6 is 15.9 Å². The predicted molar refractivity (Wildman–Crippen MR) is 91.7 cm³/mol. The lowest BCUT2D eigenvalue weighted by molar-refractivity contribution is -0.135. The number of benzene rings is 2. The van der Waals surface area contributed by atoms with Gasteiger partial charge in [-0.1, -0.05) is 15.9 Å². The van der Waals surface area contributed by atoms with Crippen molar-refractivity contribution in [1.82, 2.24) is 5.01 Å². The second-order valence-corrected chi connectivity index (χ2v) is 6.09. The number of nitrogens with zero attached hydrogens (tertiary/aromatic N) is 2. The monoisotopic (exact) mass is 390 g/mol. The second-order valence-electron chi connectivity index (χ2n) is 5.18. The van der Waals surface area contributed by atoms with E-state index in [1.54, 1.807) is 12.1 Å². The maximum Gasteiger partial charge on any atom is 0.243 e. The Labute approximate surface area is 147 Å². The summed E-state index contributed by atoms with van der Waals surface area (Å²) in [6, 6.07) is 12.3. The fourth-order valence-corrected chi connectivity index (χ4v) is 2.62. The van der Waals surface area contributed by atoms with Crippen molar-refractivity contribution in [3.63, 3.8) is 0 Å². The number of phenols is 1. The highest BCUT2D eigenvalue weighted by atomic mass is 79.9. The summed E-state index contributed by atoms with van der Waals surface area (Å²) in [5.41, 5.74) is 1.35. The Hall–Kier alpha value is -2.54. The van der Waals surface area contributed by atoms with E-state index in [4.69, 9.17) is 9.47 Å². The maximum absolute atomic E-state index is 11.9. The number of carbonyl (C=O) groups excluding carboxylic acids is 1. The summed E-state index contributed by atoms with van der Waals surface area (Å²) in [5.74, 6) is 0.403. The molecule has 6 nitrogen and oxygen atoms in total. The van der Waals surface area contributed by atoms with E-state index in [1.165, 1.54) is 25.1 Å². The molecule has 7 heteroatoms. The number of hydrogen-bond acceptors (Lipinski definition) is 5. The molecular weight excluding hydrogens is 376 g/mol. The minimum atomic E-state index is -0.738. The lowest BCUT2D eigenvalue weighted by Crippen LogP contribution is -2.25. The molecule has 0 radical (unpaired) electrons. The third kappa shape index (κ3) is 3.07. The van der Waals surface area contributed by atoms with E-state index in [1.807, 2.05) is 24.3 Å². The number of methoxy groups -OCH3 is 1. The van der Waals surface area contributed by atoms with Crippen molar-refractivity contribution in [2.24, 2.45) is 5.10 Å². The number of carbonyl (C=O) groups is 1. The smallest absolute Gasteiger partial charge is 0.243 e. The van der Waals surface area contributed by atoms with Gasteiger partial charge >= 0.3 is 0 Å². The van der Waals surface area contributed by atoms with E-state index >= 15 is 0 Å². The standard InChI is InChI=1S/C17H15BrN2O4/c1-10(21)20-17(12-5-8-15(23-2)14(22)9-12)24-16(19-20)11-3-6-13(18)7-4-11/h3-9,17,22H,1-2H3/t17-/m1/s1. The Kier molecular flexibility index (Phi) is 4.44. The Morgan fingerprint density at radius 3 is 2.58 bits per heavy atom. The SMILES string of the molecule is COc1ccc([C@H]2OC(c3ccc(Br)cc3)=NN2C(C)=O)cc1O. The largest absolute Gasteiger partial charge is 0.504 e. The molecule has 1 aliphatic heterocycles. The molecule has 0 spiro atoms.